The van der Waals surface area contributed by atoms with Crippen molar-refractivity contribution in [1.29, 1.82) is 0 Å². The summed E-state index contributed by atoms with van der Waals surface area (Å²) in [5.41, 5.74) is 7.89. The summed E-state index contributed by atoms with van der Waals surface area (Å²) in [7, 11) is 13.1. The van der Waals surface area contributed by atoms with Crippen LogP contribution in [0, 0.1) is 20.8 Å². The molecule has 6 rings (SSSR count). The summed E-state index contributed by atoms with van der Waals surface area (Å²) in [5.74, 6) is 0. The van der Waals surface area contributed by atoms with E-state index in [0.29, 0.717) is 0 Å². The van der Waals surface area contributed by atoms with E-state index in [2.05, 4.69) is 152 Å². The second-order valence-corrected chi connectivity index (χ2v) is 13.3. The van der Waals surface area contributed by atoms with Gasteiger partial charge in [-0.05, 0) is 11.1 Å². The van der Waals surface area contributed by atoms with Crippen LogP contribution in [0.4, 0.5) is 0 Å². The van der Waals surface area contributed by atoms with Crippen LogP contribution >= 0.6 is 17.0 Å². The van der Waals surface area contributed by atoms with E-state index in [-0.39, 0.29) is 0 Å². The number of benzene rings is 4. The van der Waals surface area contributed by atoms with Gasteiger partial charge in [0.25, 0.3) is 0 Å². The molecule has 40 heavy (non-hydrogen) atoms. The van der Waals surface area contributed by atoms with Gasteiger partial charge in [0.2, 0.25) is 0 Å². The molecule has 4 heteroatoms. The van der Waals surface area contributed by atoms with Gasteiger partial charge in [0.1, 0.15) is 0 Å². The Morgan fingerprint density at radius 2 is 0.950 bits per heavy atom. The van der Waals surface area contributed by atoms with Crippen molar-refractivity contribution in [2.45, 2.75) is 33.7 Å². The van der Waals surface area contributed by atoms with Crippen LogP contribution < -0.4 is 0 Å². The molecule has 6 aromatic rings. The normalized spacial score (nSPS) is 9.60. The van der Waals surface area contributed by atoms with E-state index in [1.54, 1.807) is 6.92 Å². The zero-order chi connectivity index (χ0) is 29.3. The van der Waals surface area contributed by atoms with Crippen molar-refractivity contribution in [3.8, 4) is 22.3 Å². The Bertz CT molecular complexity index is 1400. The minimum absolute atomic E-state index is 0.826. The molecule has 0 aliphatic rings. The van der Waals surface area contributed by atoms with Crippen molar-refractivity contribution >= 4 is 48.8 Å². The Hall–Kier alpha value is -2.22. The van der Waals surface area contributed by atoms with E-state index < -0.39 is 20.8 Å². The van der Waals surface area contributed by atoms with Crippen LogP contribution in [0.1, 0.15) is 25.0 Å². The monoisotopic (exact) mass is 656 g/mol. The molecular weight excluding hydrogens is 623 g/mol. The number of hydrogen-bond acceptors (Lipinski definition) is 0. The summed E-state index contributed by atoms with van der Waals surface area (Å²) in [6.07, 6.45) is 0. The van der Waals surface area contributed by atoms with Crippen molar-refractivity contribution in [2.24, 2.45) is 0 Å². The van der Waals surface area contributed by atoms with E-state index in [1.807, 2.05) is 6.92 Å². The molecule has 6 aromatic carbocycles. The number of rotatable bonds is 2. The Morgan fingerprint density at radius 1 is 0.625 bits per heavy atom. The van der Waals surface area contributed by atoms with E-state index >= 15 is 0 Å². The van der Waals surface area contributed by atoms with Crippen LogP contribution in [-0.2, 0) is 20.8 Å². The van der Waals surface area contributed by atoms with Crippen LogP contribution in [0.25, 0.3) is 43.8 Å². The van der Waals surface area contributed by atoms with Crippen molar-refractivity contribution in [3.05, 3.63) is 139 Å². The standard InChI is InChI=1S/2C16H13.C2H5Si.C2H5.2ClH.Zr/c2*1-12-10-14-8-5-9-15(16(14)11-12)13-6-3-2-4-7-13;1-2-3;1-2;;;/h2*2-11H,1H3;2H2,1H3;1H2,2H3;2*1H;/q2*-1;;-1;;;+2/p-2. The molecular formula is C36H36Cl2SiZr-3. The molecule has 0 bridgehead atoms. The number of fused-ring (bicyclic) bond motifs is 2. The predicted molar refractivity (Wildman–Crippen MR) is 178 cm³/mol. The molecule has 0 heterocycles. The van der Waals surface area contributed by atoms with Gasteiger partial charge in [-0.25, -0.2) is 0 Å². The van der Waals surface area contributed by atoms with Crippen molar-refractivity contribution in [3.63, 3.8) is 0 Å². The number of aryl methyl sites for hydroxylation is 2. The molecule has 0 aliphatic carbocycles. The van der Waals surface area contributed by atoms with Gasteiger partial charge >= 0.3 is 37.9 Å². The molecule has 0 amide bonds. The van der Waals surface area contributed by atoms with Crippen molar-refractivity contribution < 1.29 is 20.8 Å². The summed E-state index contributed by atoms with van der Waals surface area (Å²) in [6.45, 7) is 11.3. The predicted octanol–water partition coefficient (Wildman–Crippen LogP) is 11.9. The van der Waals surface area contributed by atoms with Crippen LogP contribution in [0.5, 0.6) is 0 Å². The molecule has 0 aliphatic heterocycles. The average Bonchev–Trinajstić information content (AvgIpc) is 3.57. The quantitative estimate of drug-likeness (QED) is 0.128. The first-order valence-electron chi connectivity index (χ1n) is 13.3. The molecule has 0 aromatic heterocycles. The Balaban J connectivity index is 0.000000223. The molecule has 0 unspecified atom stereocenters. The van der Waals surface area contributed by atoms with Gasteiger partial charge in [0.15, 0.2) is 0 Å². The fourth-order valence-corrected chi connectivity index (χ4v) is 4.51. The second kappa shape index (κ2) is 19.0. The molecule has 0 saturated carbocycles. The Kier molecular flexibility index (Phi) is 16.1. The Labute approximate surface area is 263 Å². The number of hydrogen-bond donors (Lipinski definition) is 0. The summed E-state index contributed by atoms with van der Waals surface area (Å²) < 4.78 is 0. The van der Waals surface area contributed by atoms with Crippen molar-refractivity contribution in [2.75, 3.05) is 0 Å². The Morgan fingerprint density at radius 3 is 1.27 bits per heavy atom. The van der Waals surface area contributed by atoms with Gasteiger partial charge in [-0.2, -0.15) is 19.1 Å². The second-order valence-electron chi connectivity index (χ2n) is 8.84. The van der Waals surface area contributed by atoms with Crippen LogP contribution in [0.2, 0.25) is 6.04 Å². The number of halogens is 2. The molecule has 0 fully saturated rings. The van der Waals surface area contributed by atoms with E-state index in [4.69, 9.17) is 17.0 Å². The fraction of sp³-hybridized carbons (Fsp3) is 0.139. The first-order chi connectivity index (χ1) is 19.5. The summed E-state index contributed by atoms with van der Waals surface area (Å²) in [6, 6.07) is 44.2. The van der Waals surface area contributed by atoms with Gasteiger partial charge in [0, 0.05) is 10.2 Å². The maximum absolute atomic E-state index is 4.93. The maximum atomic E-state index is 4.93. The van der Waals surface area contributed by atoms with Gasteiger partial charge in [-0.1, -0.05) is 111 Å². The fourth-order valence-electron chi connectivity index (χ4n) is 4.51. The van der Waals surface area contributed by atoms with Crippen LogP contribution in [0.15, 0.2) is 121 Å². The van der Waals surface area contributed by atoms with Gasteiger partial charge < -0.3 is 6.92 Å². The molecule has 205 valence electrons. The molecule has 3 radical (unpaired) electrons. The topological polar surface area (TPSA) is 0 Å². The van der Waals surface area contributed by atoms with E-state index in [0.717, 1.165) is 6.04 Å². The zero-order valence-corrected chi connectivity index (χ0v) is 28.7. The van der Waals surface area contributed by atoms with Crippen molar-refractivity contribution in [1.82, 2.24) is 0 Å². The zero-order valence-electron chi connectivity index (χ0n) is 23.7. The third kappa shape index (κ3) is 10.0. The minimum atomic E-state index is -0.826. The SMILES string of the molecule is CC[Si].Cc1cc2c(-c3ccccc3)cccc2[cH-]1.Cc1cc2c(-c3ccccc3)cccc2[cH-]1.[CH2-]C.[Cl][Zr][Cl]. The third-order valence-electron chi connectivity index (χ3n) is 5.96. The van der Waals surface area contributed by atoms with Crippen LogP contribution in [-0.4, -0.2) is 10.2 Å². The van der Waals surface area contributed by atoms with E-state index in [9.17, 15) is 0 Å². The molecule has 0 saturated heterocycles. The molecule has 0 atom stereocenters. The van der Waals surface area contributed by atoms with E-state index in [1.165, 1.54) is 54.9 Å². The third-order valence-corrected chi connectivity index (χ3v) is 5.96. The first-order valence-corrected chi connectivity index (χ1v) is 20.3. The summed E-state index contributed by atoms with van der Waals surface area (Å²) >= 11 is -0.826. The van der Waals surface area contributed by atoms with Gasteiger partial charge in [-0.15, -0.1) is 69.1 Å². The summed E-state index contributed by atoms with van der Waals surface area (Å²) in [4.78, 5) is 0. The average molecular weight is 659 g/mol. The van der Waals surface area contributed by atoms with Gasteiger partial charge in [-0.3, -0.25) is 0 Å². The van der Waals surface area contributed by atoms with Crippen LogP contribution in [0.3, 0.4) is 0 Å². The molecule has 0 spiro atoms. The molecule has 0 nitrogen and oxygen atoms in total. The summed E-state index contributed by atoms with van der Waals surface area (Å²) in [5, 5.41) is 5.37. The first kappa shape index (κ1) is 34.0. The van der Waals surface area contributed by atoms with Gasteiger partial charge in [0.05, 0.1) is 0 Å². The molecule has 0 N–H and O–H groups in total.